The third-order valence-electron chi connectivity index (χ3n) is 4.59. The molecule has 3 heteroatoms. The molecule has 1 saturated heterocycles. The Labute approximate surface area is 123 Å². The molecule has 112 valence electrons. The topological polar surface area (TPSA) is 32.5 Å². The molecular weight excluding hydrogens is 246 g/mol. The molecular formula is C17H29N3. The van der Waals surface area contributed by atoms with Crippen molar-refractivity contribution in [3.05, 3.63) is 35.4 Å². The van der Waals surface area contributed by atoms with Gasteiger partial charge in [-0.3, -0.25) is 4.90 Å². The first-order chi connectivity index (χ1) is 9.52. The molecule has 1 aromatic carbocycles. The van der Waals surface area contributed by atoms with Gasteiger partial charge in [-0.1, -0.05) is 38.1 Å². The van der Waals surface area contributed by atoms with Crippen LogP contribution in [0.4, 0.5) is 0 Å². The summed E-state index contributed by atoms with van der Waals surface area (Å²) in [5.41, 5.74) is 8.78. The molecule has 1 fully saturated rings. The van der Waals surface area contributed by atoms with Crippen molar-refractivity contribution in [2.24, 2.45) is 5.73 Å². The van der Waals surface area contributed by atoms with Gasteiger partial charge in [0.1, 0.15) is 0 Å². The fourth-order valence-corrected chi connectivity index (χ4v) is 3.10. The van der Waals surface area contributed by atoms with Gasteiger partial charge in [0.15, 0.2) is 0 Å². The lowest BCUT2D eigenvalue weighted by atomic mass is 9.98. The summed E-state index contributed by atoms with van der Waals surface area (Å²) in [6, 6.07) is 10.0. The number of nitrogens with zero attached hydrogens (tertiary/aromatic N) is 2. The van der Waals surface area contributed by atoms with Crippen molar-refractivity contribution in [1.82, 2.24) is 9.80 Å². The SMILES string of the molecule is CC(C)c1ccc(C(C)N2CCN(C)CC2CN)cc1. The molecule has 1 aliphatic heterocycles. The van der Waals surface area contributed by atoms with Gasteiger partial charge in [0.2, 0.25) is 0 Å². The Kier molecular flexibility index (Phi) is 5.19. The van der Waals surface area contributed by atoms with Crippen LogP contribution >= 0.6 is 0 Å². The molecule has 0 spiro atoms. The van der Waals surface area contributed by atoms with Crippen LogP contribution in [-0.2, 0) is 0 Å². The van der Waals surface area contributed by atoms with Crippen LogP contribution in [0.25, 0.3) is 0 Å². The number of hydrogen-bond donors (Lipinski definition) is 1. The Balaban J connectivity index is 2.11. The number of likely N-dealkylation sites (N-methyl/N-ethyl adjacent to an activating group) is 1. The molecule has 2 N–H and O–H groups in total. The van der Waals surface area contributed by atoms with Crippen LogP contribution in [0, 0.1) is 0 Å². The van der Waals surface area contributed by atoms with Gasteiger partial charge in [-0.2, -0.15) is 0 Å². The normalized spacial score (nSPS) is 23.2. The second kappa shape index (κ2) is 6.70. The molecule has 0 aliphatic carbocycles. The Bertz CT molecular complexity index is 413. The highest BCUT2D eigenvalue weighted by Crippen LogP contribution is 2.26. The van der Waals surface area contributed by atoms with E-state index >= 15 is 0 Å². The molecule has 0 aromatic heterocycles. The average molecular weight is 275 g/mol. The maximum Gasteiger partial charge on any atom is 0.0352 e. The van der Waals surface area contributed by atoms with Crippen molar-refractivity contribution in [2.45, 2.75) is 38.8 Å². The van der Waals surface area contributed by atoms with E-state index in [0.717, 1.165) is 26.2 Å². The van der Waals surface area contributed by atoms with E-state index < -0.39 is 0 Å². The van der Waals surface area contributed by atoms with Crippen molar-refractivity contribution in [3.63, 3.8) is 0 Å². The van der Waals surface area contributed by atoms with Gasteiger partial charge >= 0.3 is 0 Å². The summed E-state index contributed by atoms with van der Waals surface area (Å²) in [4.78, 5) is 4.94. The summed E-state index contributed by atoms with van der Waals surface area (Å²) in [7, 11) is 2.18. The van der Waals surface area contributed by atoms with Gasteiger partial charge in [0.25, 0.3) is 0 Å². The van der Waals surface area contributed by atoms with E-state index in [1.807, 2.05) is 0 Å². The van der Waals surface area contributed by atoms with Crippen LogP contribution < -0.4 is 5.73 Å². The summed E-state index contributed by atoms with van der Waals surface area (Å²) in [5.74, 6) is 0.597. The lowest BCUT2D eigenvalue weighted by Gasteiger charge is -2.43. The van der Waals surface area contributed by atoms with Gasteiger partial charge in [-0.15, -0.1) is 0 Å². The predicted molar refractivity (Wildman–Crippen MR) is 86.0 cm³/mol. The zero-order chi connectivity index (χ0) is 14.7. The number of piperazine rings is 1. The molecule has 1 heterocycles. The first-order valence-corrected chi connectivity index (χ1v) is 7.77. The minimum absolute atomic E-state index is 0.443. The quantitative estimate of drug-likeness (QED) is 0.916. The van der Waals surface area contributed by atoms with Crippen LogP contribution in [0.15, 0.2) is 24.3 Å². The molecule has 0 bridgehead atoms. The fraction of sp³-hybridized carbons (Fsp3) is 0.647. The zero-order valence-corrected chi connectivity index (χ0v) is 13.3. The molecule has 0 saturated carbocycles. The Morgan fingerprint density at radius 3 is 2.25 bits per heavy atom. The van der Waals surface area contributed by atoms with E-state index in [1.165, 1.54) is 11.1 Å². The minimum Gasteiger partial charge on any atom is -0.329 e. The first kappa shape index (κ1) is 15.5. The maximum atomic E-state index is 5.97. The molecule has 2 unspecified atom stereocenters. The molecule has 1 aromatic rings. The van der Waals surface area contributed by atoms with Crippen molar-refractivity contribution in [3.8, 4) is 0 Å². The zero-order valence-electron chi connectivity index (χ0n) is 13.3. The van der Waals surface area contributed by atoms with Crippen molar-refractivity contribution in [2.75, 3.05) is 33.2 Å². The van der Waals surface area contributed by atoms with E-state index in [0.29, 0.717) is 18.0 Å². The summed E-state index contributed by atoms with van der Waals surface area (Å²) < 4.78 is 0. The van der Waals surface area contributed by atoms with Crippen LogP contribution in [0.3, 0.4) is 0 Å². The number of hydrogen-bond acceptors (Lipinski definition) is 3. The molecule has 1 aliphatic rings. The van der Waals surface area contributed by atoms with Gasteiger partial charge in [-0.25, -0.2) is 0 Å². The van der Waals surface area contributed by atoms with E-state index in [4.69, 9.17) is 5.73 Å². The van der Waals surface area contributed by atoms with E-state index in [-0.39, 0.29) is 0 Å². The summed E-state index contributed by atoms with van der Waals surface area (Å²) in [5, 5.41) is 0. The monoisotopic (exact) mass is 275 g/mol. The van der Waals surface area contributed by atoms with Crippen LogP contribution in [0.2, 0.25) is 0 Å². The highest BCUT2D eigenvalue weighted by molar-refractivity contribution is 5.26. The number of nitrogens with two attached hydrogens (primary N) is 1. The Hall–Kier alpha value is -0.900. The number of rotatable bonds is 4. The molecule has 3 nitrogen and oxygen atoms in total. The molecule has 20 heavy (non-hydrogen) atoms. The summed E-state index contributed by atoms with van der Waals surface area (Å²) in [6.07, 6.45) is 0. The van der Waals surface area contributed by atoms with Gasteiger partial charge < -0.3 is 10.6 Å². The molecule has 2 rings (SSSR count). The Morgan fingerprint density at radius 1 is 1.10 bits per heavy atom. The highest BCUT2D eigenvalue weighted by Gasteiger charge is 2.28. The molecule has 2 atom stereocenters. The highest BCUT2D eigenvalue weighted by atomic mass is 15.3. The smallest absolute Gasteiger partial charge is 0.0352 e. The maximum absolute atomic E-state index is 5.97. The third kappa shape index (κ3) is 3.40. The minimum atomic E-state index is 0.443. The standard InChI is InChI=1S/C17H29N3/c1-13(2)15-5-7-16(8-6-15)14(3)20-10-9-19(4)12-17(20)11-18/h5-8,13-14,17H,9-12,18H2,1-4H3. The molecule has 0 radical (unpaired) electrons. The fourth-order valence-electron chi connectivity index (χ4n) is 3.10. The van der Waals surface area contributed by atoms with Crippen molar-refractivity contribution < 1.29 is 0 Å². The molecule has 0 amide bonds. The lowest BCUT2D eigenvalue weighted by Crippen LogP contribution is -2.55. The van der Waals surface area contributed by atoms with Crippen LogP contribution in [0.1, 0.15) is 43.9 Å². The van der Waals surface area contributed by atoms with Crippen LogP contribution in [0.5, 0.6) is 0 Å². The second-order valence-corrected chi connectivity index (χ2v) is 6.39. The van der Waals surface area contributed by atoms with Crippen molar-refractivity contribution >= 4 is 0 Å². The summed E-state index contributed by atoms with van der Waals surface area (Å²) in [6.45, 7) is 10.8. The third-order valence-corrected chi connectivity index (χ3v) is 4.59. The largest absolute Gasteiger partial charge is 0.329 e. The van der Waals surface area contributed by atoms with Gasteiger partial charge in [-0.05, 0) is 31.0 Å². The summed E-state index contributed by atoms with van der Waals surface area (Å²) >= 11 is 0. The van der Waals surface area contributed by atoms with E-state index in [1.54, 1.807) is 0 Å². The predicted octanol–water partition coefficient (Wildman–Crippen LogP) is 2.45. The second-order valence-electron chi connectivity index (χ2n) is 6.39. The van der Waals surface area contributed by atoms with Gasteiger partial charge in [0.05, 0.1) is 0 Å². The van der Waals surface area contributed by atoms with Crippen LogP contribution in [-0.4, -0.2) is 49.1 Å². The number of benzene rings is 1. The average Bonchev–Trinajstić information content (AvgIpc) is 2.46. The van der Waals surface area contributed by atoms with E-state index in [2.05, 4.69) is 61.9 Å². The lowest BCUT2D eigenvalue weighted by molar-refractivity contribution is 0.0621. The van der Waals surface area contributed by atoms with E-state index in [9.17, 15) is 0 Å². The first-order valence-electron chi connectivity index (χ1n) is 7.77. The van der Waals surface area contributed by atoms with Gasteiger partial charge in [0, 0.05) is 38.3 Å². The van der Waals surface area contributed by atoms with Crippen molar-refractivity contribution in [1.29, 1.82) is 0 Å². The Morgan fingerprint density at radius 2 is 1.70 bits per heavy atom.